The number of hydrogen-bond donors (Lipinski definition) is 2. The number of carbonyl (C=O) groups excluding carboxylic acids is 2. The summed E-state index contributed by atoms with van der Waals surface area (Å²) in [5, 5.41) is 7.05. The lowest BCUT2D eigenvalue weighted by Crippen LogP contribution is -2.37. The number of fused-ring (bicyclic) bond motifs is 1. The van der Waals surface area contributed by atoms with Gasteiger partial charge in [-0.2, -0.15) is 0 Å². The van der Waals surface area contributed by atoms with Crippen LogP contribution in [0.2, 0.25) is 5.02 Å². The molecule has 2 aromatic carbocycles. The molecule has 32 heavy (non-hydrogen) atoms. The number of methoxy groups -OCH3 is 1. The van der Waals surface area contributed by atoms with Crippen LogP contribution in [0.1, 0.15) is 24.8 Å². The van der Waals surface area contributed by atoms with Crippen LogP contribution in [0.4, 0.5) is 10.5 Å². The number of likely N-dealkylation sites (tertiary alicyclic amines) is 1. The van der Waals surface area contributed by atoms with Gasteiger partial charge in [-0.1, -0.05) is 23.7 Å². The lowest BCUT2D eigenvalue weighted by Gasteiger charge is -2.27. The largest absolute Gasteiger partial charge is 0.497 e. The van der Waals surface area contributed by atoms with E-state index >= 15 is 0 Å². The fraction of sp³-hybridized carbons (Fsp3) is 0.333. The molecule has 0 saturated carbocycles. The van der Waals surface area contributed by atoms with Crippen molar-refractivity contribution in [1.29, 1.82) is 0 Å². The molecule has 0 atom stereocenters. The first kappa shape index (κ1) is 22.0. The first-order valence-electron chi connectivity index (χ1n) is 10.8. The molecule has 3 amide bonds. The molecule has 168 valence electrons. The van der Waals surface area contributed by atoms with Crippen LogP contribution < -0.4 is 15.4 Å². The molecule has 0 bridgehead atoms. The zero-order valence-corrected chi connectivity index (χ0v) is 18.8. The first-order chi connectivity index (χ1) is 15.5. The monoisotopic (exact) mass is 454 g/mol. The number of ether oxygens (including phenoxy) is 1. The second kappa shape index (κ2) is 9.96. The fourth-order valence-electron chi connectivity index (χ4n) is 4.04. The second-order valence-electron chi connectivity index (χ2n) is 7.89. The topological polar surface area (TPSA) is 75.6 Å². The molecule has 1 saturated heterocycles. The van der Waals surface area contributed by atoms with Gasteiger partial charge in [0.25, 0.3) is 0 Å². The van der Waals surface area contributed by atoms with Crippen molar-refractivity contribution >= 4 is 40.1 Å². The maximum atomic E-state index is 12.8. The van der Waals surface area contributed by atoms with Crippen LogP contribution in [-0.4, -0.2) is 41.6 Å². The minimum atomic E-state index is -0.355. The van der Waals surface area contributed by atoms with E-state index < -0.39 is 0 Å². The standard InChI is InChI=1S/C24H27ClN4O3/c1-32-18-9-10-22-19(13-18)17(14-26-24(31)27-21-8-4-3-7-20(21)25)15-29(22)16-23(30)28-11-5-2-6-12-28/h3-4,7-10,13,15H,2,5-6,11-12,14,16H2,1H3,(H2,26,27,31). The molecule has 0 unspecified atom stereocenters. The maximum absolute atomic E-state index is 12.8. The predicted molar refractivity (Wildman–Crippen MR) is 126 cm³/mol. The predicted octanol–water partition coefficient (Wildman–Crippen LogP) is 4.64. The number of anilines is 1. The number of rotatable bonds is 6. The van der Waals surface area contributed by atoms with E-state index in [4.69, 9.17) is 16.3 Å². The summed E-state index contributed by atoms with van der Waals surface area (Å²) in [5.74, 6) is 0.841. The quantitative estimate of drug-likeness (QED) is 0.569. The highest BCUT2D eigenvalue weighted by Crippen LogP contribution is 2.27. The van der Waals surface area contributed by atoms with Gasteiger partial charge in [-0.05, 0) is 55.2 Å². The molecular weight excluding hydrogens is 428 g/mol. The van der Waals surface area contributed by atoms with E-state index in [1.54, 1.807) is 31.4 Å². The molecule has 0 spiro atoms. The highest BCUT2D eigenvalue weighted by atomic mass is 35.5. The summed E-state index contributed by atoms with van der Waals surface area (Å²) in [6, 6.07) is 12.5. The molecule has 3 aromatic rings. The summed E-state index contributed by atoms with van der Waals surface area (Å²) in [4.78, 5) is 27.2. The Hall–Kier alpha value is -3.19. The Balaban J connectivity index is 1.51. The van der Waals surface area contributed by atoms with Crippen molar-refractivity contribution in [1.82, 2.24) is 14.8 Å². The number of amides is 3. The Bertz CT molecular complexity index is 1120. The number of benzene rings is 2. The molecule has 0 aliphatic carbocycles. The highest BCUT2D eigenvalue weighted by molar-refractivity contribution is 6.33. The van der Waals surface area contributed by atoms with E-state index in [9.17, 15) is 9.59 Å². The van der Waals surface area contributed by atoms with Crippen molar-refractivity contribution in [3.05, 3.63) is 59.2 Å². The third-order valence-electron chi connectivity index (χ3n) is 5.75. The molecule has 2 heterocycles. The van der Waals surface area contributed by atoms with Gasteiger partial charge in [0.15, 0.2) is 0 Å². The Kier molecular flexibility index (Phi) is 6.85. The van der Waals surface area contributed by atoms with Crippen molar-refractivity contribution in [2.24, 2.45) is 0 Å². The van der Waals surface area contributed by atoms with Gasteiger partial charge in [0.05, 0.1) is 17.8 Å². The number of hydrogen-bond acceptors (Lipinski definition) is 3. The van der Waals surface area contributed by atoms with Gasteiger partial charge in [0.1, 0.15) is 12.3 Å². The van der Waals surface area contributed by atoms with Crippen LogP contribution in [0, 0.1) is 0 Å². The third kappa shape index (κ3) is 4.99. The minimum Gasteiger partial charge on any atom is -0.497 e. The van der Waals surface area contributed by atoms with Gasteiger partial charge < -0.3 is 24.8 Å². The van der Waals surface area contributed by atoms with Crippen molar-refractivity contribution in [3.8, 4) is 5.75 Å². The molecule has 1 aliphatic rings. The van der Waals surface area contributed by atoms with Crippen molar-refractivity contribution in [3.63, 3.8) is 0 Å². The second-order valence-corrected chi connectivity index (χ2v) is 8.30. The fourth-order valence-corrected chi connectivity index (χ4v) is 4.23. The van der Waals surface area contributed by atoms with Gasteiger partial charge in [-0.15, -0.1) is 0 Å². The van der Waals surface area contributed by atoms with E-state index in [1.165, 1.54) is 6.42 Å². The smallest absolute Gasteiger partial charge is 0.319 e. The van der Waals surface area contributed by atoms with Crippen LogP contribution in [0.25, 0.3) is 10.9 Å². The van der Waals surface area contributed by atoms with Gasteiger partial charge in [-0.25, -0.2) is 4.79 Å². The Morgan fingerprint density at radius 2 is 1.88 bits per heavy atom. The van der Waals surface area contributed by atoms with E-state index in [1.807, 2.05) is 33.9 Å². The van der Waals surface area contributed by atoms with Crippen LogP contribution in [-0.2, 0) is 17.9 Å². The molecule has 1 aromatic heterocycles. The van der Waals surface area contributed by atoms with Gasteiger partial charge in [-0.3, -0.25) is 4.79 Å². The molecule has 1 fully saturated rings. The molecule has 4 rings (SSSR count). The molecule has 8 heteroatoms. The normalized spacial score (nSPS) is 13.8. The average Bonchev–Trinajstić information content (AvgIpc) is 3.16. The van der Waals surface area contributed by atoms with E-state index in [-0.39, 0.29) is 18.5 Å². The molecule has 7 nitrogen and oxygen atoms in total. The van der Waals surface area contributed by atoms with Crippen LogP contribution in [0.3, 0.4) is 0 Å². The Labute approximate surface area is 192 Å². The first-order valence-corrected chi connectivity index (χ1v) is 11.2. The number of aromatic nitrogens is 1. The number of urea groups is 1. The lowest BCUT2D eigenvalue weighted by molar-refractivity contribution is -0.132. The summed E-state index contributed by atoms with van der Waals surface area (Å²) < 4.78 is 7.33. The lowest BCUT2D eigenvalue weighted by atomic mass is 10.1. The van der Waals surface area contributed by atoms with Gasteiger partial charge in [0.2, 0.25) is 5.91 Å². The number of piperidine rings is 1. The molecule has 0 radical (unpaired) electrons. The van der Waals surface area contributed by atoms with Crippen molar-refractivity contribution < 1.29 is 14.3 Å². The molecular formula is C24H27ClN4O3. The zero-order chi connectivity index (χ0) is 22.5. The zero-order valence-electron chi connectivity index (χ0n) is 18.1. The maximum Gasteiger partial charge on any atom is 0.319 e. The number of nitrogens with one attached hydrogen (secondary N) is 2. The van der Waals surface area contributed by atoms with Crippen molar-refractivity contribution in [2.75, 3.05) is 25.5 Å². The van der Waals surface area contributed by atoms with Gasteiger partial charge >= 0.3 is 6.03 Å². The Morgan fingerprint density at radius 1 is 1.09 bits per heavy atom. The molecule has 2 N–H and O–H groups in total. The summed E-state index contributed by atoms with van der Waals surface area (Å²) in [6.07, 6.45) is 5.24. The van der Waals surface area contributed by atoms with E-state index in [2.05, 4.69) is 10.6 Å². The van der Waals surface area contributed by atoms with Crippen LogP contribution in [0.5, 0.6) is 5.75 Å². The minimum absolute atomic E-state index is 0.119. The van der Waals surface area contributed by atoms with Gasteiger partial charge in [0, 0.05) is 36.7 Å². The van der Waals surface area contributed by atoms with Crippen LogP contribution >= 0.6 is 11.6 Å². The summed E-state index contributed by atoms with van der Waals surface area (Å²) >= 11 is 6.12. The van der Waals surface area contributed by atoms with E-state index in [0.29, 0.717) is 17.3 Å². The Morgan fingerprint density at radius 3 is 2.62 bits per heavy atom. The SMILES string of the molecule is COc1ccc2c(c1)c(CNC(=O)Nc1ccccc1Cl)cn2CC(=O)N1CCCCC1. The summed E-state index contributed by atoms with van der Waals surface area (Å²) in [5.41, 5.74) is 2.38. The van der Waals surface area contributed by atoms with Crippen molar-refractivity contribution in [2.45, 2.75) is 32.4 Å². The highest BCUT2D eigenvalue weighted by Gasteiger charge is 2.19. The van der Waals surface area contributed by atoms with Crippen LogP contribution in [0.15, 0.2) is 48.7 Å². The summed E-state index contributed by atoms with van der Waals surface area (Å²) in [6.45, 7) is 2.21. The van der Waals surface area contributed by atoms with E-state index in [0.717, 1.165) is 48.1 Å². The molecule has 1 aliphatic heterocycles. The third-order valence-corrected chi connectivity index (χ3v) is 6.08. The number of carbonyl (C=O) groups is 2. The number of nitrogens with zero attached hydrogens (tertiary/aromatic N) is 2. The number of halogens is 1. The average molecular weight is 455 g/mol. The number of para-hydroxylation sites is 1. The summed E-state index contributed by atoms with van der Waals surface area (Å²) in [7, 11) is 1.62.